The molecule has 1 atom stereocenters. The second kappa shape index (κ2) is 3.59. The van der Waals surface area contributed by atoms with Crippen LogP contribution in [-0.4, -0.2) is 28.3 Å². The molecular weight excluding hydrogens is 198 g/mol. The predicted molar refractivity (Wildman–Crippen MR) is 65.0 cm³/mol. The maximum Gasteiger partial charge on any atom is 0.128 e. The van der Waals surface area contributed by atoms with Crippen molar-refractivity contribution in [3.05, 3.63) is 48.4 Å². The third kappa shape index (κ3) is 1.45. The van der Waals surface area contributed by atoms with Crippen molar-refractivity contribution in [3.63, 3.8) is 0 Å². The molecule has 0 N–H and O–H groups in total. The first-order valence-corrected chi connectivity index (χ1v) is 5.49. The number of amidine groups is 1. The van der Waals surface area contributed by atoms with Crippen molar-refractivity contribution in [3.8, 4) is 0 Å². The van der Waals surface area contributed by atoms with Gasteiger partial charge < -0.3 is 4.90 Å². The molecule has 2 aliphatic heterocycles. The number of hydrogen-bond acceptors (Lipinski definition) is 3. The minimum absolute atomic E-state index is 0.479. The Kier molecular flexibility index (Phi) is 2.10. The van der Waals surface area contributed by atoms with E-state index < -0.39 is 0 Å². The molecule has 2 aliphatic rings. The smallest absolute Gasteiger partial charge is 0.128 e. The first-order valence-electron chi connectivity index (χ1n) is 5.49. The summed E-state index contributed by atoms with van der Waals surface area (Å²) in [5.41, 5.74) is 2.13. The van der Waals surface area contributed by atoms with Crippen molar-refractivity contribution in [2.75, 3.05) is 6.54 Å². The van der Waals surface area contributed by atoms with Gasteiger partial charge in [-0.2, -0.15) is 0 Å². The van der Waals surface area contributed by atoms with Crippen LogP contribution in [0.5, 0.6) is 0 Å². The third-order valence-electron chi connectivity index (χ3n) is 2.92. The van der Waals surface area contributed by atoms with Crippen LogP contribution in [0.3, 0.4) is 0 Å². The van der Waals surface area contributed by atoms with E-state index in [1.807, 2.05) is 24.4 Å². The predicted octanol–water partition coefficient (Wildman–Crippen LogP) is 2.09. The molecule has 0 aliphatic carbocycles. The summed E-state index contributed by atoms with van der Waals surface area (Å²) in [5.74, 6) is 1.05. The SMILES string of the molecule is CC1CN=C2C=C(c3ccccn3)C=CN21. The topological polar surface area (TPSA) is 28.5 Å². The van der Waals surface area contributed by atoms with E-state index in [0.717, 1.165) is 23.6 Å². The van der Waals surface area contributed by atoms with Gasteiger partial charge in [0.05, 0.1) is 18.3 Å². The van der Waals surface area contributed by atoms with E-state index in [9.17, 15) is 0 Å². The normalized spacial score (nSPS) is 22.8. The van der Waals surface area contributed by atoms with Crippen LogP contribution in [0.15, 0.2) is 47.7 Å². The highest BCUT2D eigenvalue weighted by molar-refractivity contribution is 6.04. The summed E-state index contributed by atoms with van der Waals surface area (Å²) < 4.78 is 0. The molecule has 1 unspecified atom stereocenters. The summed E-state index contributed by atoms with van der Waals surface area (Å²) in [6.07, 6.45) is 8.12. The molecule has 0 bridgehead atoms. The van der Waals surface area contributed by atoms with Gasteiger partial charge in [0.1, 0.15) is 5.84 Å². The summed E-state index contributed by atoms with van der Waals surface area (Å²) in [6, 6.07) is 6.43. The molecule has 0 amide bonds. The first-order chi connectivity index (χ1) is 7.84. The van der Waals surface area contributed by atoms with E-state index >= 15 is 0 Å². The molecular formula is C13H13N3. The van der Waals surface area contributed by atoms with Gasteiger partial charge in [-0.1, -0.05) is 6.07 Å². The number of aromatic nitrogens is 1. The minimum atomic E-state index is 0.479. The first kappa shape index (κ1) is 9.33. The highest BCUT2D eigenvalue weighted by atomic mass is 15.3. The number of rotatable bonds is 1. The standard InChI is InChI=1S/C13H13N3/c1-10-9-15-13-8-11(5-7-16(10)13)12-4-2-3-6-14-12/h2-8,10H,9H2,1H3. The Morgan fingerprint density at radius 2 is 2.31 bits per heavy atom. The highest BCUT2D eigenvalue weighted by Gasteiger charge is 2.23. The third-order valence-corrected chi connectivity index (χ3v) is 2.92. The average Bonchev–Trinajstić information content (AvgIpc) is 2.72. The number of allylic oxidation sites excluding steroid dienone is 2. The molecule has 0 radical (unpaired) electrons. The van der Waals surface area contributed by atoms with Gasteiger partial charge in [0.25, 0.3) is 0 Å². The van der Waals surface area contributed by atoms with Crippen LogP contribution in [0, 0.1) is 0 Å². The molecule has 0 fully saturated rings. The van der Waals surface area contributed by atoms with Crippen LogP contribution in [0.1, 0.15) is 12.6 Å². The van der Waals surface area contributed by atoms with Crippen molar-refractivity contribution >= 4 is 11.4 Å². The molecule has 3 rings (SSSR count). The Balaban J connectivity index is 1.96. The monoisotopic (exact) mass is 211 g/mol. The molecule has 0 aromatic carbocycles. The second-order valence-corrected chi connectivity index (χ2v) is 4.09. The van der Waals surface area contributed by atoms with Crippen LogP contribution in [0.4, 0.5) is 0 Å². The minimum Gasteiger partial charge on any atom is -0.329 e. The van der Waals surface area contributed by atoms with Gasteiger partial charge in [0.15, 0.2) is 0 Å². The zero-order valence-corrected chi connectivity index (χ0v) is 9.17. The molecule has 0 saturated heterocycles. The number of hydrogen-bond donors (Lipinski definition) is 0. The fourth-order valence-corrected chi connectivity index (χ4v) is 2.01. The Labute approximate surface area is 94.8 Å². The van der Waals surface area contributed by atoms with E-state index in [4.69, 9.17) is 0 Å². The van der Waals surface area contributed by atoms with Gasteiger partial charge in [-0.3, -0.25) is 9.98 Å². The summed E-state index contributed by atoms with van der Waals surface area (Å²) >= 11 is 0. The van der Waals surface area contributed by atoms with E-state index in [0.29, 0.717) is 6.04 Å². The molecule has 0 saturated carbocycles. The second-order valence-electron chi connectivity index (χ2n) is 4.09. The van der Waals surface area contributed by atoms with Crippen LogP contribution < -0.4 is 0 Å². The molecule has 0 spiro atoms. The zero-order valence-electron chi connectivity index (χ0n) is 9.17. The molecule has 1 aromatic heterocycles. The number of pyridine rings is 1. The van der Waals surface area contributed by atoms with E-state index in [1.165, 1.54) is 0 Å². The zero-order chi connectivity index (χ0) is 11.0. The maximum absolute atomic E-state index is 4.50. The van der Waals surface area contributed by atoms with Crippen LogP contribution >= 0.6 is 0 Å². The Morgan fingerprint density at radius 1 is 1.38 bits per heavy atom. The highest BCUT2D eigenvalue weighted by Crippen LogP contribution is 2.22. The number of fused-ring (bicyclic) bond motifs is 1. The Hall–Kier alpha value is -1.90. The van der Waals surface area contributed by atoms with Crippen molar-refractivity contribution in [2.45, 2.75) is 13.0 Å². The van der Waals surface area contributed by atoms with Crippen LogP contribution in [0.25, 0.3) is 5.57 Å². The lowest BCUT2D eigenvalue weighted by Crippen LogP contribution is -2.29. The molecule has 80 valence electrons. The van der Waals surface area contributed by atoms with Crippen molar-refractivity contribution in [1.82, 2.24) is 9.88 Å². The van der Waals surface area contributed by atoms with Crippen LogP contribution in [-0.2, 0) is 0 Å². The van der Waals surface area contributed by atoms with Gasteiger partial charge >= 0.3 is 0 Å². The van der Waals surface area contributed by atoms with Gasteiger partial charge in [-0.25, -0.2) is 0 Å². The summed E-state index contributed by atoms with van der Waals surface area (Å²) in [7, 11) is 0. The van der Waals surface area contributed by atoms with Crippen molar-refractivity contribution < 1.29 is 0 Å². The van der Waals surface area contributed by atoms with E-state index in [2.05, 4.69) is 40.2 Å². The van der Waals surface area contributed by atoms with Gasteiger partial charge in [0.2, 0.25) is 0 Å². The van der Waals surface area contributed by atoms with Crippen molar-refractivity contribution in [2.24, 2.45) is 4.99 Å². The number of nitrogens with zero attached hydrogens (tertiary/aromatic N) is 3. The van der Waals surface area contributed by atoms with E-state index in [1.54, 1.807) is 0 Å². The lowest BCUT2D eigenvalue weighted by molar-refractivity contribution is 0.474. The Bertz CT molecular complexity index is 485. The maximum atomic E-state index is 4.50. The lowest BCUT2D eigenvalue weighted by atomic mass is 10.1. The van der Waals surface area contributed by atoms with Gasteiger partial charge in [0, 0.05) is 18.0 Å². The summed E-state index contributed by atoms with van der Waals surface area (Å²) in [5, 5.41) is 0. The van der Waals surface area contributed by atoms with Crippen molar-refractivity contribution in [1.29, 1.82) is 0 Å². The van der Waals surface area contributed by atoms with Gasteiger partial charge in [-0.15, -0.1) is 0 Å². The number of aliphatic imine (C=N–C) groups is 1. The summed E-state index contributed by atoms with van der Waals surface area (Å²) in [6.45, 7) is 3.06. The molecule has 3 heteroatoms. The molecule has 16 heavy (non-hydrogen) atoms. The van der Waals surface area contributed by atoms with Gasteiger partial charge in [-0.05, 0) is 31.2 Å². The molecule has 3 nitrogen and oxygen atoms in total. The average molecular weight is 211 g/mol. The Morgan fingerprint density at radius 3 is 3.12 bits per heavy atom. The van der Waals surface area contributed by atoms with Crippen LogP contribution in [0.2, 0.25) is 0 Å². The van der Waals surface area contributed by atoms with E-state index in [-0.39, 0.29) is 0 Å². The molecule has 3 heterocycles. The fourth-order valence-electron chi connectivity index (χ4n) is 2.01. The summed E-state index contributed by atoms with van der Waals surface area (Å²) in [4.78, 5) is 11.0. The fraction of sp³-hybridized carbons (Fsp3) is 0.231. The quantitative estimate of drug-likeness (QED) is 0.711. The molecule has 1 aromatic rings. The largest absolute Gasteiger partial charge is 0.329 e. The lowest BCUT2D eigenvalue weighted by Gasteiger charge is -2.22.